The van der Waals surface area contributed by atoms with Crippen LogP contribution in [0.1, 0.15) is 0 Å². The summed E-state index contributed by atoms with van der Waals surface area (Å²) in [5, 5.41) is 0. The highest BCUT2D eigenvalue weighted by atomic mass is 79.9. The molecule has 0 saturated carbocycles. The third kappa shape index (κ3) is 2.19. The van der Waals surface area contributed by atoms with Gasteiger partial charge in [0.25, 0.3) is 0 Å². The Morgan fingerprint density at radius 2 is 2.38 bits per heavy atom. The molecule has 1 aliphatic heterocycles. The van der Waals surface area contributed by atoms with E-state index in [1.165, 1.54) is 0 Å². The van der Waals surface area contributed by atoms with Crippen LogP contribution in [0.5, 0.6) is 0 Å². The zero-order chi connectivity index (χ0) is 9.10. The maximum atomic E-state index is 5.15. The molecule has 69 valence electrons. The van der Waals surface area contributed by atoms with Crippen molar-refractivity contribution in [2.45, 2.75) is 0 Å². The van der Waals surface area contributed by atoms with Crippen LogP contribution in [0.2, 0.25) is 0 Å². The molecule has 2 rings (SSSR count). The van der Waals surface area contributed by atoms with Crippen LogP contribution in [0.3, 0.4) is 0 Å². The maximum absolute atomic E-state index is 5.15. The zero-order valence-electron chi connectivity index (χ0n) is 7.11. The first-order valence-corrected chi connectivity index (χ1v) is 4.96. The van der Waals surface area contributed by atoms with Crippen LogP contribution in [0, 0.1) is 6.61 Å². The van der Waals surface area contributed by atoms with Crippen molar-refractivity contribution >= 4 is 21.7 Å². The van der Waals surface area contributed by atoms with Gasteiger partial charge in [-0.05, 0) is 28.1 Å². The molecule has 0 amide bonds. The first kappa shape index (κ1) is 8.97. The molecular formula is C9H10BrN2O. The number of nitrogens with zero attached hydrogens (tertiary/aromatic N) is 2. The Kier molecular flexibility index (Phi) is 2.80. The molecule has 1 saturated heterocycles. The highest BCUT2D eigenvalue weighted by Crippen LogP contribution is 2.16. The molecule has 3 nitrogen and oxygen atoms in total. The highest BCUT2D eigenvalue weighted by molar-refractivity contribution is 9.10. The van der Waals surface area contributed by atoms with Crippen molar-refractivity contribution < 1.29 is 4.74 Å². The summed E-state index contributed by atoms with van der Waals surface area (Å²) in [4.78, 5) is 6.54. The van der Waals surface area contributed by atoms with E-state index in [4.69, 9.17) is 4.74 Å². The van der Waals surface area contributed by atoms with Gasteiger partial charge >= 0.3 is 0 Å². The summed E-state index contributed by atoms with van der Waals surface area (Å²) in [5.41, 5.74) is 0. The fourth-order valence-electron chi connectivity index (χ4n) is 1.26. The molecule has 1 aromatic rings. The molecule has 1 fully saturated rings. The SMILES string of the molecule is Brc1cccc(N2C[CH]OCC2)n1. The number of hydrogen-bond donors (Lipinski definition) is 0. The first-order chi connectivity index (χ1) is 6.36. The molecule has 0 aromatic carbocycles. The van der Waals surface area contributed by atoms with Gasteiger partial charge in [0.1, 0.15) is 17.0 Å². The van der Waals surface area contributed by atoms with E-state index in [0.29, 0.717) is 0 Å². The van der Waals surface area contributed by atoms with Gasteiger partial charge in [0.05, 0.1) is 6.61 Å². The van der Waals surface area contributed by atoms with E-state index in [-0.39, 0.29) is 0 Å². The Hall–Kier alpha value is -0.610. The minimum Gasteiger partial charge on any atom is -0.372 e. The fourth-order valence-corrected chi connectivity index (χ4v) is 1.60. The summed E-state index contributed by atoms with van der Waals surface area (Å²) in [6.07, 6.45) is 0. The van der Waals surface area contributed by atoms with Gasteiger partial charge in [-0.25, -0.2) is 4.98 Å². The molecule has 2 heterocycles. The zero-order valence-corrected chi connectivity index (χ0v) is 8.70. The summed E-state index contributed by atoms with van der Waals surface area (Å²) in [5.74, 6) is 0.994. The summed E-state index contributed by atoms with van der Waals surface area (Å²) < 4.78 is 6.02. The molecule has 1 radical (unpaired) electrons. The topological polar surface area (TPSA) is 25.4 Å². The number of ether oxygens (including phenoxy) is 1. The number of rotatable bonds is 1. The average Bonchev–Trinajstić information content (AvgIpc) is 2.19. The quantitative estimate of drug-likeness (QED) is 0.702. The number of hydrogen-bond acceptors (Lipinski definition) is 3. The van der Waals surface area contributed by atoms with E-state index in [2.05, 4.69) is 25.8 Å². The van der Waals surface area contributed by atoms with Crippen molar-refractivity contribution in [3.63, 3.8) is 0 Å². The molecule has 0 aliphatic carbocycles. The summed E-state index contributed by atoms with van der Waals surface area (Å²) in [6.45, 7) is 4.27. The second-order valence-electron chi connectivity index (χ2n) is 2.80. The van der Waals surface area contributed by atoms with Gasteiger partial charge in [0.15, 0.2) is 0 Å². The summed E-state index contributed by atoms with van der Waals surface area (Å²) in [6, 6.07) is 5.92. The van der Waals surface area contributed by atoms with Gasteiger partial charge in [-0.15, -0.1) is 0 Å². The maximum Gasteiger partial charge on any atom is 0.130 e. The lowest BCUT2D eigenvalue weighted by Gasteiger charge is -2.27. The molecule has 0 spiro atoms. The fraction of sp³-hybridized carbons (Fsp3) is 0.333. The number of aromatic nitrogens is 1. The van der Waals surface area contributed by atoms with Crippen LogP contribution in [0.4, 0.5) is 5.82 Å². The van der Waals surface area contributed by atoms with Crippen molar-refractivity contribution in [2.24, 2.45) is 0 Å². The normalized spacial score (nSPS) is 17.5. The smallest absolute Gasteiger partial charge is 0.130 e. The Balaban J connectivity index is 2.14. The Morgan fingerprint density at radius 1 is 1.46 bits per heavy atom. The molecule has 0 unspecified atom stereocenters. The molecule has 1 aromatic heterocycles. The second-order valence-corrected chi connectivity index (χ2v) is 3.61. The largest absolute Gasteiger partial charge is 0.372 e. The molecule has 0 bridgehead atoms. The second kappa shape index (κ2) is 4.07. The Bertz CT molecular complexity index is 287. The predicted octanol–water partition coefficient (Wildman–Crippen LogP) is 1.84. The number of anilines is 1. The van der Waals surface area contributed by atoms with Crippen molar-refractivity contribution in [1.29, 1.82) is 0 Å². The third-order valence-corrected chi connectivity index (χ3v) is 2.36. The van der Waals surface area contributed by atoms with E-state index in [1.54, 1.807) is 0 Å². The van der Waals surface area contributed by atoms with Crippen molar-refractivity contribution in [3.8, 4) is 0 Å². The van der Waals surface area contributed by atoms with Crippen molar-refractivity contribution in [2.75, 3.05) is 24.6 Å². The van der Waals surface area contributed by atoms with Crippen LogP contribution >= 0.6 is 15.9 Å². The van der Waals surface area contributed by atoms with Crippen LogP contribution in [-0.2, 0) is 4.74 Å². The predicted molar refractivity (Wildman–Crippen MR) is 54.4 cm³/mol. The molecular weight excluding hydrogens is 232 g/mol. The highest BCUT2D eigenvalue weighted by Gasteiger charge is 2.12. The van der Waals surface area contributed by atoms with E-state index in [9.17, 15) is 0 Å². The summed E-state index contributed by atoms with van der Waals surface area (Å²) in [7, 11) is 0. The molecule has 13 heavy (non-hydrogen) atoms. The van der Waals surface area contributed by atoms with Crippen LogP contribution in [-0.4, -0.2) is 24.7 Å². The van der Waals surface area contributed by atoms with E-state index < -0.39 is 0 Å². The lowest BCUT2D eigenvalue weighted by molar-refractivity contribution is 0.181. The van der Waals surface area contributed by atoms with Gasteiger partial charge in [-0.3, -0.25) is 0 Å². The Morgan fingerprint density at radius 3 is 3.08 bits per heavy atom. The molecule has 0 atom stereocenters. The lowest BCUT2D eigenvalue weighted by atomic mass is 10.4. The Labute approximate surface area is 85.8 Å². The van der Waals surface area contributed by atoms with Gasteiger partial charge < -0.3 is 9.64 Å². The van der Waals surface area contributed by atoms with E-state index >= 15 is 0 Å². The van der Waals surface area contributed by atoms with E-state index in [1.807, 2.05) is 24.8 Å². The lowest BCUT2D eigenvalue weighted by Crippen LogP contribution is -2.34. The minimum absolute atomic E-state index is 0.744. The number of morpholine rings is 1. The van der Waals surface area contributed by atoms with Crippen LogP contribution < -0.4 is 4.90 Å². The van der Waals surface area contributed by atoms with Crippen molar-refractivity contribution in [3.05, 3.63) is 29.4 Å². The van der Waals surface area contributed by atoms with E-state index in [0.717, 1.165) is 30.1 Å². The first-order valence-electron chi connectivity index (χ1n) is 4.17. The van der Waals surface area contributed by atoms with Gasteiger partial charge in [0.2, 0.25) is 0 Å². The number of pyridine rings is 1. The van der Waals surface area contributed by atoms with Crippen LogP contribution in [0.25, 0.3) is 0 Å². The number of halogens is 1. The molecule has 1 aliphatic rings. The van der Waals surface area contributed by atoms with Crippen LogP contribution in [0.15, 0.2) is 22.8 Å². The third-order valence-electron chi connectivity index (χ3n) is 1.92. The summed E-state index contributed by atoms with van der Waals surface area (Å²) >= 11 is 3.35. The average molecular weight is 242 g/mol. The van der Waals surface area contributed by atoms with Crippen molar-refractivity contribution in [1.82, 2.24) is 4.98 Å². The van der Waals surface area contributed by atoms with Gasteiger partial charge in [-0.2, -0.15) is 0 Å². The molecule has 4 heteroatoms. The molecule has 0 N–H and O–H groups in total. The monoisotopic (exact) mass is 241 g/mol. The minimum atomic E-state index is 0.744. The van der Waals surface area contributed by atoms with Gasteiger partial charge in [0, 0.05) is 13.1 Å². The van der Waals surface area contributed by atoms with Gasteiger partial charge in [-0.1, -0.05) is 6.07 Å². The standard InChI is InChI=1S/C9H10BrN2O/c10-8-2-1-3-9(11-8)12-4-6-13-7-5-12/h1-3,6H,4-5,7H2.